The van der Waals surface area contributed by atoms with Crippen LogP contribution >= 0.6 is 0 Å². The maximum Gasteiger partial charge on any atom is 0.326 e. The molecular formula is C23H26N2O5. The monoisotopic (exact) mass is 410 g/mol. The van der Waals surface area contributed by atoms with E-state index in [4.69, 9.17) is 9.47 Å². The van der Waals surface area contributed by atoms with Crippen molar-refractivity contribution in [2.24, 2.45) is 0 Å². The molecule has 0 radical (unpaired) electrons. The van der Waals surface area contributed by atoms with E-state index < -0.39 is 12.1 Å². The van der Waals surface area contributed by atoms with Gasteiger partial charge in [0.2, 0.25) is 6.10 Å². The maximum absolute atomic E-state index is 13.0. The highest BCUT2D eigenvalue weighted by molar-refractivity contribution is 5.96. The van der Waals surface area contributed by atoms with Gasteiger partial charge in [0, 0.05) is 24.2 Å². The third-order valence-corrected chi connectivity index (χ3v) is 5.06. The molecular weight excluding hydrogens is 384 g/mol. The highest BCUT2D eigenvalue weighted by atomic mass is 16.5. The van der Waals surface area contributed by atoms with Gasteiger partial charge in [-0.2, -0.15) is 0 Å². The van der Waals surface area contributed by atoms with Gasteiger partial charge in [0.25, 0.3) is 11.8 Å². The van der Waals surface area contributed by atoms with Gasteiger partial charge in [0.05, 0.1) is 13.2 Å². The van der Waals surface area contributed by atoms with Crippen LogP contribution in [0, 0.1) is 13.8 Å². The van der Waals surface area contributed by atoms with Gasteiger partial charge in [0.1, 0.15) is 6.54 Å². The Morgan fingerprint density at radius 1 is 1.03 bits per heavy atom. The van der Waals surface area contributed by atoms with Crippen LogP contribution in [-0.2, 0) is 19.1 Å². The highest BCUT2D eigenvalue weighted by Gasteiger charge is 2.30. The molecule has 3 rings (SSSR count). The number of aryl methyl sites for hydroxylation is 2. The van der Waals surface area contributed by atoms with E-state index in [0.29, 0.717) is 37.4 Å². The number of rotatable bonds is 6. The minimum atomic E-state index is -1.06. The van der Waals surface area contributed by atoms with E-state index >= 15 is 0 Å². The summed E-state index contributed by atoms with van der Waals surface area (Å²) in [6.45, 7) is 5.35. The molecule has 0 unspecified atom stereocenters. The lowest BCUT2D eigenvalue weighted by Gasteiger charge is -2.30. The standard InChI is InChI=1S/C23H26N2O5/c1-16-8-9-19(14-17(16)2)22(27)24-15-20(26)30-21(18-6-4-3-5-7-18)23(28)25-10-12-29-13-11-25/h3-9,14,21H,10-13,15H2,1-2H3,(H,24,27)/t21-/m1/s1. The number of carbonyl (C=O) groups is 3. The summed E-state index contributed by atoms with van der Waals surface area (Å²) in [4.78, 5) is 39.4. The highest BCUT2D eigenvalue weighted by Crippen LogP contribution is 2.21. The fourth-order valence-corrected chi connectivity index (χ4v) is 3.15. The fourth-order valence-electron chi connectivity index (χ4n) is 3.15. The first-order valence-electron chi connectivity index (χ1n) is 9.92. The Hall–Kier alpha value is -3.19. The Bertz CT molecular complexity index is 907. The van der Waals surface area contributed by atoms with Gasteiger partial charge in [0.15, 0.2) is 0 Å². The van der Waals surface area contributed by atoms with E-state index in [1.807, 2.05) is 26.0 Å². The Balaban J connectivity index is 1.64. The van der Waals surface area contributed by atoms with Crippen molar-refractivity contribution in [3.63, 3.8) is 0 Å². The SMILES string of the molecule is Cc1ccc(C(=O)NCC(=O)O[C@@H](C(=O)N2CCOCC2)c2ccccc2)cc1C. The number of morpholine rings is 1. The number of carbonyl (C=O) groups excluding carboxylic acids is 3. The van der Waals surface area contributed by atoms with Crippen molar-refractivity contribution in [3.05, 3.63) is 70.8 Å². The summed E-state index contributed by atoms with van der Waals surface area (Å²) in [5.41, 5.74) is 3.13. The third kappa shape index (κ3) is 5.45. The average Bonchev–Trinajstić information content (AvgIpc) is 2.78. The van der Waals surface area contributed by atoms with Gasteiger partial charge < -0.3 is 19.7 Å². The molecule has 0 bridgehead atoms. The maximum atomic E-state index is 13.0. The summed E-state index contributed by atoms with van der Waals surface area (Å²) in [5.74, 6) is -1.34. The molecule has 0 aromatic heterocycles. The minimum absolute atomic E-state index is 0.293. The van der Waals surface area contributed by atoms with Gasteiger partial charge in [-0.25, -0.2) is 0 Å². The fraction of sp³-hybridized carbons (Fsp3) is 0.348. The largest absolute Gasteiger partial charge is 0.446 e. The summed E-state index contributed by atoms with van der Waals surface area (Å²) in [7, 11) is 0. The molecule has 1 aliphatic rings. The summed E-state index contributed by atoms with van der Waals surface area (Å²) >= 11 is 0. The van der Waals surface area contributed by atoms with Crippen LogP contribution in [-0.4, -0.2) is 55.5 Å². The Kier molecular flexibility index (Phi) is 7.19. The molecule has 1 aliphatic heterocycles. The van der Waals surface area contributed by atoms with Crippen molar-refractivity contribution in [1.29, 1.82) is 0 Å². The molecule has 30 heavy (non-hydrogen) atoms. The molecule has 2 aromatic rings. The van der Waals surface area contributed by atoms with E-state index in [1.165, 1.54) is 0 Å². The second-order valence-electron chi connectivity index (χ2n) is 7.20. The Morgan fingerprint density at radius 2 is 1.73 bits per heavy atom. The second kappa shape index (κ2) is 10.0. The van der Waals surface area contributed by atoms with E-state index in [1.54, 1.807) is 41.3 Å². The van der Waals surface area contributed by atoms with Crippen molar-refractivity contribution >= 4 is 17.8 Å². The van der Waals surface area contributed by atoms with Crippen LogP contribution in [0.2, 0.25) is 0 Å². The lowest BCUT2D eigenvalue weighted by atomic mass is 10.1. The quantitative estimate of drug-likeness (QED) is 0.738. The number of esters is 1. The van der Waals surface area contributed by atoms with Crippen LogP contribution in [0.15, 0.2) is 48.5 Å². The van der Waals surface area contributed by atoms with E-state index in [0.717, 1.165) is 11.1 Å². The van der Waals surface area contributed by atoms with Crippen LogP contribution in [0.3, 0.4) is 0 Å². The number of amides is 2. The molecule has 1 N–H and O–H groups in total. The van der Waals surface area contributed by atoms with Crippen molar-refractivity contribution in [3.8, 4) is 0 Å². The summed E-state index contributed by atoms with van der Waals surface area (Å²) in [5, 5.41) is 2.56. The number of nitrogens with one attached hydrogen (secondary N) is 1. The van der Waals surface area contributed by atoms with E-state index in [9.17, 15) is 14.4 Å². The molecule has 0 saturated carbocycles. The molecule has 2 aromatic carbocycles. The summed E-state index contributed by atoms with van der Waals surface area (Å²) < 4.78 is 10.8. The predicted octanol–water partition coefficient (Wildman–Crippen LogP) is 2.18. The lowest BCUT2D eigenvalue weighted by molar-refractivity contribution is -0.162. The first-order chi connectivity index (χ1) is 14.5. The number of nitrogens with zero attached hydrogens (tertiary/aromatic N) is 1. The minimum Gasteiger partial charge on any atom is -0.446 e. The first kappa shape index (κ1) is 21.5. The van der Waals surface area contributed by atoms with Gasteiger partial charge in [-0.15, -0.1) is 0 Å². The molecule has 0 spiro atoms. The number of ether oxygens (including phenoxy) is 2. The topological polar surface area (TPSA) is 84.9 Å². The van der Waals surface area contributed by atoms with Crippen molar-refractivity contribution < 1.29 is 23.9 Å². The van der Waals surface area contributed by atoms with Gasteiger partial charge in [-0.3, -0.25) is 14.4 Å². The van der Waals surface area contributed by atoms with Gasteiger partial charge >= 0.3 is 5.97 Å². The Labute approximate surface area is 176 Å². The second-order valence-corrected chi connectivity index (χ2v) is 7.20. The zero-order chi connectivity index (χ0) is 21.5. The summed E-state index contributed by atoms with van der Waals surface area (Å²) in [6.07, 6.45) is -1.06. The molecule has 2 amide bonds. The zero-order valence-corrected chi connectivity index (χ0v) is 17.2. The van der Waals surface area contributed by atoms with Crippen molar-refractivity contribution in [1.82, 2.24) is 10.2 Å². The average molecular weight is 410 g/mol. The van der Waals surface area contributed by atoms with Crippen LogP contribution < -0.4 is 5.32 Å². The normalized spacial score (nSPS) is 14.7. The van der Waals surface area contributed by atoms with Crippen molar-refractivity contribution in [2.75, 3.05) is 32.8 Å². The third-order valence-electron chi connectivity index (χ3n) is 5.06. The molecule has 1 heterocycles. The number of hydrogen-bond donors (Lipinski definition) is 1. The molecule has 7 heteroatoms. The summed E-state index contributed by atoms with van der Waals surface area (Å²) in [6, 6.07) is 14.2. The van der Waals surface area contributed by atoms with E-state index in [-0.39, 0.29) is 18.4 Å². The lowest BCUT2D eigenvalue weighted by Crippen LogP contribution is -2.44. The molecule has 0 aliphatic carbocycles. The van der Waals surface area contributed by atoms with E-state index in [2.05, 4.69) is 5.32 Å². The first-order valence-corrected chi connectivity index (χ1v) is 9.92. The van der Waals surface area contributed by atoms with Crippen molar-refractivity contribution in [2.45, 2.75) is 20.0 Å². The van der Waals surface area contributed by atoms with Gasteiger partial charge in [-0.1, -0.05) is 36.4 Å². The smallest absolute Gasteiger partial charge is 0.326 e. The van der Waals surface area contributed by atoms with Crippen LogP contribution in [0.1, 0.15) is 33.2 Å². The number of hydrogen-bond acceptors (Lipinski definition) is 5. The molecule has 1 fully saturated rings. The molecule has 1 atom stereocenters. The van der Waals surface area contributed by atoms with Crippen LogP contribution in [0.5, 0.6) is 0 Å². The Morgan fingerprint density at radius 3 is 2.40 bits per heavy atom. The van der Waals surface area contributed by atoms with Crippen LogP contribution in [0.25, 0.3) is 0 Å². The molecule has 7 nitrogen and oxygen atoms in total. The van der Waals surface area contributed by atoms with Gasteiger partial charge in [-0.05, 0) is 37.1 Å². The number of benzene rings is 2. The predicted molar refractivity (Wildman–Crippen MR) is 111 cm³/mol. The molecule has 1 saturated heterocycles. The zero-order valence-electron chi connectivity index (χ0n) is 17.2. The van der Waals surface area contributed by atoms with Crippen LogP contribution in [0.4, 0.5) is 0 Å². The molecule has 158 valence electrons.